The second-order valence-electron chi connectivity index (χ2n) is 4.41. The second-order valence-corrected chi connectivity index (χ2v) is 5.98. The van der Waals surface area contributed by atoms with Crippen molar-refractivity contribution in [2.45, 2.75) is 13.2 Å². The highest BCUT2D eigenvalue weighted by Crippen LogP contribution is 2.23. The van der Waals surface area contributed by atoms with Crippen LogP contribution in [0.1, 0.15) is 22.8 Å². The summed E-state index contributed by atoms with van der Waals surface area (Å²) in [6, 6.07) is 5.01. The molecule has 0 unspecified atom stereocenters. The van der Waals surface area contributed by atoms with E-state index in [1.54, 1.807) is 25.1 Å². The van der Waals surface area contributed by atoms with Crippen molar-refractivity contribution in [2.75, 3.05) is 12.4 Å². The van der Waals surface area contributed by atoms with Crippen LogP contribution in [-0.2, 0) is 21.2 Å². The van der Waals surface area contributed by atoms with Crippen molar-refractivity contribution in [3.8, 4) is 5.75 Å². The van der Waals surface area contributed by atoms with Gasteiger partial charge in [0.1, 0.15) is 31.5 Å². The maximum absolute atomic E-state index is 11.9. The minimum atomic E-state index is -4.16. The van der Waals surface area contributed by atoms with Crippen LogP contribution in [0.5, 0.6) is 5.75 Å². The molecule has 0 fully saturated rings. The molecule has 0 saturated carbocycles. The molecule has 1 aromatic carbocycles. The summed E-state index contributed by atoms with van der Waals surface area (Å²) in [5.74, 6) is -0.658. The molecule has 0 radical (unpaired) electrons. The summed E-state index contributed by atoms with van der Waals surface area (Å²) in [5, 5.41) is 0. The third kappa shape index (κ3) is 6.01. The Morgan fingerprint density at radius 3 is 2.62 bits per heavy atom. The SMILES string of the molecule is BCc1ccc(C(=O)OCCS(=O)(=O)O)c(OC(=C)C)c1. The molecule has 1 aromatic rings. The van der Waals surface area contributed by atoms with Gasteiger partial charge in [-0.3, -0.25) is 4.55 Å². The van der Waals surface area contributed by atoms with Gasteiger partial charge >= 0.3 is 5.97 Å². The fourth-order valence-electron chi connectivity index (χ4n) is 1.54. The first kappa shape index (κ1) is 17.3. The van der Waals surface area contributed by atoms with Gasteiger partial charge in [0.05, 0.1) is 5.76 Å². The highest BCUT2D eigenvalue weighted by atomic mass is 32.2. The Morgan fingerprint density at radius 2 is 2.10 bits per heavy atom. The lowest BCUT2D eigenvalue weighted by atomic mass is 9.96. The lowest BCUT2D eigenvalue weighted by molar-refractivity contribution is 0.0525. The third-order valence-corrected chi connectivity index (χ3v) is 3.22. The number of esters is 1. The Kier molecular flexibility index (Phi) is 5.98. The molecule has 0 aromatic heterocycles. The minimum absolute atomic E-state index is 0.172. The zero-order valence-corrected chi connectivity index (χ0v) is 12.8. The minimum Gasteiger partial charge on any atom is -0.462 e. The van der Waals surface area contributed by atoms with Crippen molar-refractivity contribution in [3.05, 3.63) is 41.7 Å². The number of rotatable bonds is 7. The zero-order chi connectivity index (χ0) is 16.0. The van der Waals surface area contributed by atoms with Crippen LogP contribution in [0, 0.1) is 0 Å². The average Bonchev–Trinajstić information content (AvgIpc) is 2.36. The third-order valence-electron chi connectivity index (χ3n) is 2.53. The van der Waals surface area contributed by atoms with Crippen molar-refractivity contribution in [1.82, 2.24) is 0 Å². The first-order chi connectivity index (χ1) is 9.73. The molecule has 114 valence electrons. The summed E-state index contributed by atoms with van der Waals surface area (Å²) in [6.45, 7) is 4.83. The predicted molar refractivity (Wildman–Crippen MR) is 80.8 cm³/mol. The van der Waals surface area contributed by atoms with Gasteiger partial charge in [-0.15, -0.1) is 0 Å². The summed E-state index contributed by atoms with van der Waals surface area (Å²) >= 11 is 0. The fourth-order valence-corrected chi connectivity index (χ4v) is 1.84. The van der Waals surface area contributed by atoms with Crippen molar-refractivity contribution in [1.29, 1.82) is 0 Å². The number of ether oxygens (including phenoxy) is 2. The standard InChI is InChI=1S/C13H17BO6S/c1-9(2)20-12-7-10(8-14)3-4-11(12)13(15)19-5-6-21(16,17)18/h3-4,7H,1,5-6,8,14H2,2H3,(H,16,17,18). The van der Waals surface area contributed by atoms with Crippen LogP contribution in [-0.4, -0.2) is 39.1 Å². The number of benzene rings is 1. The predicted octanol–water partition coefficient (Wildman–Crippen LogP) is 0.777. The molecule has 8 heteroatoms. The largest absolute Gasteiger partial charge is 0.462 e. The summed E-state index contributed by atoms with van der Waals surface area (Å²) in [4.78, 5) is 11.9. The van der Waals surface area contributed by atoms with E-state index < -0.39 is 28.4 Å². The molecule has 0 aliphatic heterocycles. The van der Waals surface area contributed by atoms with Crippen LogP contribution in [0.4, 0.5) is 0 Å². The number of carbonyl (C=O) groups is 1. The Balaban J connectivity index is 2.89. The molecule has 0 atom stereocenters. The maximum atomic E-state index is 11.9. The average molecular weight is 312 g/mol. The second kappa shape index (κ2) is 7.28. The lowest BCUT2D eigenvalue weighted by Crippen LogP contribution is -2.15. The van der Waals surface area contributed by atoms with Crippen molar-refractivity contribution >= 4 is 23.9 Å². The molecule has 0 bridgehead atoms. The van der Waals surface area contributed by atoms with Crippen molar-refractivity contribution < 1.29 is 27.2 Å². The van der Waals surface area contributed by atoms with Crippen LogP contribution in [0.2, 0.25) is 0 Å². The highest BCUT2D eigenvalue weighted by molar-refractivity contribution is 7.85. The molecule has 21 heavy (non-hydrogen) atoms. The first-order valence-electron chi connectivity index (χ1n) is 6.31. The van der Waals surface area contributed by atoms with E-state index in [2.05, 4.69) is 6.58 Å². The molecule has 0 heterocycles. The van der Waals surface area contributed by atoms with E-state index in [1.165, 1.54) is 0 Å². The van der Waals surface area contributed by atoms with Crippen molar-refractivity contribution in [2.24, 2.45) is 0 Å². The van der Waals surface area contributed by atoms with Gasteiger partial charge in [0.25, 0.3) is 10.1 Å². The van der Waals surface area contributed by atoms with Crippen LogP contribution < -0.4 is 4.74 Å². The first-order valence-corrected chi connectivity index (χ1v) is 7.92. The molecule has 1 N–H and O–H groups in total. The quantitative estimate of drug-likeness (QED) is 0.346. The molecule has 0 aliphatic carbocycles. The molecule has 0 saturated heterocycles. The van der Waals surface area contributed by atoms with Crippen LogP contribution >= 0.6 is 0 Å². The monoisotopic (exact) mass is 312 g/mol. The summed E-state index contributed by atoms with van der Waals surface area (Å²) < 4.78 is 39.9. The molecule has 1 rings (SSSR count). The van der Waals surface area contributed by atoms with Crippen molar-refractivity contribution in [3.63, 3.8) is 0 Å². The summed E-state index contributed by atoms with van der Waals surface area (Å²) in [5.41, 5.74) is 1.14. The van der Waals surface area contributed by atoms with Gasteiger partial charge in [0.15, 0.2) is 0 Å². The Labute approximate surface area is 124 Å². The number of allylic oxidation sites excluding steroid dienone is 1. The molecular formula is C13H17BO6S. The van der Waals surface area contributed by atoms with Crippen LogP contribution in [0.3, 0.4) is 0 Å². The Bertz CT molecular complexity index is 638. The number of hydrogen-bond acceptors (Lipinski definition) is 5. The Morgan fingerprint density at radius 1 is 1.43 bits per heavy atom. The summed E-state index contributed by atoms with van der Waals surface area (Å²) in [6.07, 6.45) is 0.768. The highest BCUT2D eigenvalue weighted by Gasteiger charge is 2.16. The van der Waals surface area contributed by atoms with Gasteiger partial charge < -0.3 is 9.47 Å². The topological polar surface area (TPSA) is 89.9 Å². The van der Waals surface area contributed by atoms with Gasteiger partial charge in [-0.1, -0.05) is 24.5 Å². The van der Waals surface area contributed by atoms with Gasteiger partial charge in [0, 0.05) is 0 Å². The van der Waals surface area contributed by atoms with Gasteiger partial charge in [-0.2, -0.15) is 8.42 Å². The normalized spacial score (nSPS) is 11.0. The van der Waals surface area contributed by atoms with E-state index in [9.17, 15) is 13.2 Å². The van der Waals surface area contributed by atoms with E-state index >= 15 is 0 Å². The number of hydrogen-bond donors (Lipinski definition) is 1. The zero-order valence-electron chi connectivity index (χ0n) is 12.0. The molecule has 0 spiro atoms. The van der Waals surface area contributed by atoms with Crippen LogP contribution in [0.25, 0.3) is 0 Å². The van der Waals surface area contributed by atoms with Gasteiger partial charge in [-0.05, 0) is 19.1 Å². The lowest BCUT2D eigenvalue weighted by Gasteiger charge is -2.12. The van der Waals surface area contributed by atoms with E-state index in [0.717, 1.165) is 11.9 Å². The maximum Gasteiger partial charge on any atom is 0.341 e. The van der Waals surface area contributed by atoms with E-state index in [1.807, 2.05) is 7.85 Å². The fraction of sp³-hybridized carbons (Fsp3) is 0.308. The smallest absolute Gasteiger partial charge is 0.341 e. The summed E-state index contributed by atoms with van der Waals surface area (Å²) in [7, 11) is -2.20. The molecule has 0 aliphatic rings. The van der Waals surface area contributed by atoms with E-state index in [0.29, 0.717) is 11.5 Å². The Hall–Kier alpha value is -1.80. The molecule has 0 amide bonds. The number of carbonyl (C=O) groups excluding carboxylic acids is 1. The molecular weight excluding hydrogens is 295 g/mol. The van der Waals surface area contributed by atoms with Gasteiger partial charge in [-0.25, -0.2) is 4.79 Å². The molecule has 6 nitrogen and oxygen atoms in total. The van der Waals surface area contributed by atoms with Gasteiger partial charge in [0.2, 0.25) is 0 Å². The van der Waals surface area contributed by atoms with Crippen LogP contribution in [0.15, 0.2) is 30.5 Å². The van der Waals surface area contributed by atoms with E-state index in [4.69, 9.17) is 14.0 Å². The van der Waals surface area contributed by atoms with E-state index in [-0.39, 0.29) is 5.56 Å².